The van der Waals surface area contributed by atoms with E-state index in [-0.39, 0.29) is 6.04 Å². The number of aryl methyl sites for hydroxylation is 2. The standard InChI is InChI=1S/C20H24N8OS/c1-5-29-18-16(7-6-9-21-18)12-27-10-8-17(26-27)22-20-24-23-19(30-20)15(4)28-14(3)11-13(2)25-28/h6-11,15H,5,12H2,1-4H3,(H,22,24,26). The van der Waals surface area contributed by atoms with Crippen molar-refractivity contribution in [3.63, 3.8) is 0 Å². The van der Waals surface area contributed by atoms with Gasteiger partial charge in [-0.2, -0.15) is 10.2 Å². The summed E-state index contributed by atoms with van der Waals surface area (Å²) in [7, 11) is 0. The van der Waals surface area contributed by atoms with E-state index < -0.39 is 0 Å². The Balaban J connectivity index is 1.44. The predicted octanol–water partition coefficient (Wildman–Crippen LogP) is 3.74. The van der Waals surface area contributed by atoms with Crippen LogP contribution < -0.4 is 10.1 Å². The minimum Gasteiger partial charge on any atom is -0.478 e. The van der Waals surface area contributed by atoms with Crippen LogP contribution in [0.3, 0.4) is 0 Å². The molecular weight excluding hydrogens is 400 g/mol. The minimum absolute atomic E-state index is 0.0203. The van der Waals surface area contributed by atoms with Crippen molar-refractivity contribution < 1.29 is 4.74 Å². The van der Waals surface area contributed by atoms with Gasteiger partial charge in [0, 0.05) is 29.7 Å². The van der Waals surface area contributed by atoms with Crippen LogP contribution in [0.25, 0.3) is 0 Å². The van der Waals surface area contributed by atoms with Gasteiger partial charge in [-0.15, -0.1) is 10.2 Å². The van der Waals surface area contributed by atoms with E-state index in [1.165, 1.54) is 11.3 Å². The molecule has 4 aromatic rings. The zero-order valence-electron chi connectivity index (χ0n) is 17.4. The van der Waals surface area contributed by atoms with Crippen molar-refractivity contribution in [2.24, 2.45) is 0 Å². The first kappa shape index (κ1) is 20.0. The predicted molar refractivity (Wildman–Crippen MR) is 115 cm³/mol. The molecule has 4 aromatic heterocycles. The van der Waals surface area contributed by atoms with Crippen LogP contribution in [0.2, 0.25) is 0 Å². The van der Waals surface area contributed by atoms with Gasteiger partial charge in [-0.25, -0.2) is 4.98 Å². The number of rotatable bonds is 8. The minimum atomic E-state index is 0.0203. The summed E-state index contributed by atoms with van der Waals surface area (Å²) < 4.78 is 9.40. The molecule has 4 heterocycles. The van der Waals surface area contributed by atoms with E-state index in [0.29, 0.717) is 30.0 Å². The van der Waals surface area contributed by atoms with E-state index in [2.05, 4.69) is 43.7 Å². The summed E-state index contributed by atoms with van der Waals surface area (Å²) in [4.78, 5) is 4.29. The zero-order chi connectivity index (χ0) is 21.1. The smallest absolute Gasteiger partial charge is 0.218 e. The molecule has 156 valence electrons. The maximum atomic E-state index is 5.59. The highest BCUT2D eigenvalue weighted by atomic mass is 32.1. The van der Waals surface area contributed by atoms with E-state index in [0.717, 1.165) is 22.0 Å². The molecule has 0 aliphatic rings. The summed E-state index contributed by atoms with van der Waals surface area (Å²) in [6.07, 6.45) is 3.64. The molecule has 0 spiro atoms. The molecule has 0 aliphatic heterocycles. The van der Waals surface area contributed by atoms with E-state index >= 15 is 0 Å². The van der Waals surface area contributed by atoms with Crippen molar-refractivity contribution >= 4 is 22.3 Å². The third kappa shape index (κ3) is 4.33. The Morgan fingerprint density at radius 1 is 1.20 bits per heavy atom. The lowest BCUT2D eigenvalue weighted by molar-refractivity contribution is 0.321. The van der Waals surface area contributed by atoms with Crippen LogP contribution >= 0.6 is 11.3 Å². The van der Waals surface area contributed by atoms with Gasteiger partial charge in [0.25, 0.3) is 0 Å². The summed E-state index contributed by atoms with van der Waals surface area (Å²) in [5.74, 6) is 1.34. The lowest BCUT2D eigenvalue weighted by Gasteiger charge is -2.10. The largest absolute Gasteiger partial charge is 0.478 e. The Morgan fingerprint density at radius 3 is 2.83 bits per heavy atom. The highest BCUT2D eigenvalue weighted by Gasteiger charge is 2.17. The van der Waals surface area contributed by atoms with Crippen molar-refractivity contribution in [1.29, 1.82) is 0 Å². The molecule has 4 rings (SSSR count). The quantitative estimate of drug-likeness (QED) is 0.460. The summed E-state index contributed by atoms with van der Waals surface area (Å²) in [5, 5.41) is 22.5. The van der Waals surface area contributed by atoms with Crippen molar-refractivity contribution in [3.05, 3.63) is 58.6 Å². The molecule has 30 heavy (non-hydrogen) atoms. The molecule has 0 saturated carbocycles. The van der Waals surface area contributed by atoms with Crippen LogP contribution in [-0.4, -0.2) is 41.3 Å². The third-order valence-corrected chi connectivity index (χ3v) is 5.56. The fourth-order valence-electron chi connectivity index (χ4n) is 3.21. The Kier molecular flexibility index (Phi) is 5.75. The Labute approximate surface area is 178 Å². The van der Waals surface area contributed by atoms with Crippen LogP contribution in [0.15, 0.2) is 36.7 Å². The molecule has 0 saturated heterocycles. The van der Waals surface area contributed by atoms with Crippen LogP contribution in [0.4, 0.5) is 10.9 Å². The Morgan fingerprint density at radius 2 is 2.07 bits per heavy atom. The van der Waals surface area contributed by atoms with Gasteiger partial charge in [-0.1, -0.05) is 17.4 Å². The highest BCUT2D eigenvalue weighted by molar-refractivity contribution is 7.15. The number of aromatic nitrogens is 7. The lowest BCUT2D eigenvalue weighted by Crippen LogP contribution is -2.10. The van der Waals surface area contributed by atoms with Crippen molar-refractivity contribution in [3.8, 4) is 5.88 Å². The fraction of sp³-hybridized carbons (Fsp3) is 0.350. The number of hydrogen-bond acceptors (Lipinski definition) is 8. The molecule has 0 bridgehead atoms. The second kappa shape index (κ2) is 8.62. The number of ether oxygens (including phenoxy) is 1. The molecule has 0 aliphatic carbocycles. The van der Waals surface area contributed by atoms with Gasteiger partial charge in [0.15, 0.2) is 5.82 Å². The maximum Gasteiger partial charge on any atom is 0.218 e. The molecule has 10 heteroatoms. The highest BCUT2D eigenvalue weighted by Crippen LogP contribution is 2.27. The third-order valence-electron chi connectivity index (χ3n) is 4.55. The van der Waals surface area contributed by atoms with Crippen LogP contribution in [0.1, 0.15) is 41.8 Å². The fourth-order valence-corrected chi connectivity index (χ4v) is 4.00. The Bertz CT molecular complexity index is 1130. The summed E-state index contributed by atoms with van der Waals surface area (Å²) >= 11 is 1.50. The molecule has 0 amide bonds. The number of nitrogens with zero attached hydrogens (tertiary/aromatic N) is 7. The lowest BCUT2D eigenvalue weighted by atomic mass is 10.3. The van der Waals surface area contributed by atoms with Gasteiger partial charge in [-0.05, 0) is 39.8 Å². The molecule has 0 fully saturated rings. The molecule has 1 N–H and O–H groups in total. The van der Waals surface area contributed by atoms with E-state index in [9.17, 15) is 0 Å². The maximum absolute atomic E-state index is 5.59. The number of hydrogen-bond donors (Lipinski definition) is 1. The normalized spacial score (nSPS) is 12.1. The molecule has 0 radical (unpaired) electrons. The first-order valence-electron chi connectivity index (χ1n) is 9.76. The molecule has 1 unspecified atom stereocenters. The van der Waals surface area contributed by atoms with Crippen LogP contribution in [0.5, 0.6) is 5.88 Å². The van der Waals surface area contributed by atoms with Gasteiger partial charge in [0.2, 0.25) is 11.0 Å². The van der Waals surface area contributed by atoms with Gasteiger partial charge in [0.1, 0.15) is 11.0 Å². The van der Waals surface area contributed by atoms with Gasteiger partial charge >= 0.3 is 0 Å². The van der Waals surface area contributed by atoms with E-state index in [1.54, 1.807) is 6.20 Å². The average molecular weight is 425 g/mol. The van der Waals surface area contributed by atoms with Crippen molar-refractivity contribution in [1.82, 2.24) is 34.7 Å². The van der Waals surface area contributed by atoms with E-state index in [1.807, 2.05) is 54.5 Å². The number of anilines is 2. The zero-order valence-corrected chi connectivity index (χ0v) is 18.2. The van der Waals surface area contributed by atoms with Crippen LogP contribution in [0, 0.1) is 13.8 Å². The van der Waals surface area contributed by atoms with E-state index in [4.69, 9.17) is 4.74 Å². The summed E-state index contributed by atoms with van der Waals surface area (Å²) in [5.41, 5.74) is 3.07. The summed E-state index contributed by atoms with van der Waals surface area (Å²) in [6.45, 7) is 9.19. The Hall–Kier alpha value is -3.27. The van der Waals surface area contributed by atoms with Crippen molar-refractivity contribution in [2.75, 3.05) is 11.9 Å². The van der Waals surface area contributed by atoms with Gasteiger partial charge < -0.3 is 10.1 Å². The second-order valence-corrected chi connectivity index (χ2v) is 7.93. The molecule has 9 nitrogen and oxygen atoms in total. The molecule has 1 atom stereocenters. The average Bonchev–Trinajstić information content (AvgIpc) is 3.44. The summed E-state index contributed by atoms with van der Waals surface area (Å²) in [6, 6.07) is 7.87. The van der Waals surface area contributed by atoms with Crippen LogP contribution in [-0.2, 0) is 6.54 Å². The second-order valence-electron chi connectivity index (χ2n) is 6.92. The molecule has 0 aromatic carbocycles. The SMILES string of the molecule is CCOc1ncccc1Cn1ccc(Nc2nnc(C(C)n3nc(C)cc3C)s2)n1. The number of pyridine rings is 1. The van der Waals surface area contributed by atoms with Gasteiger partial charge in [0.05, 0.1) is 18.8 Å². The monoisotopic (exact) mass is 424 g/mol. The first-order chi connectivity index (χ1) is 14.5. The topological polar surface area (TPSA) is 95.6 Å². The van der Waals surface area contributed by atoms with Crippen molar-refractivity contribution in [2.45, 2.75) is 40.3 Å². The number of nitrogens with one attached hydrogen (secondary N) is 1. The molecular formula is C20H24N8OS. The first-order valence-corrected chi connectivity index (χ1v) is 10.6. The van der Waals surface area contributed by atoms with Gasteiger partial charge in [-0.3, -0.25) is 9.36 Å².